The van der Waals surface area contributed by atoms with Crippen LogP contribution in [0.15, 0.2) is 70.6 Å². The van der Waals surface area contributed by atoms with Crippen LogP contribution >= 0.6 is 0 Å². The first-order chi connectivity index (χ1) is 15.1. The van der Waals surface area contributed by atoms with Gasteiger partial charge in [-0.25, -0.2) is 4.98 Å². The molecule has 0 radical (unpaired) electrons. The van der Waals surface area contributed by atoms with E-state index in [2.05, 4.69) is 10.1 Å². The fraction of sp³-hybridized carbons (Fsp3) is 0.160. The molecular weight excluding hydrogens is 415 g/mol. The van der Waals surface area contributed by atoms with Gasteiger partial charge in [-0.05, 0) is 56.2 Å². The molecule has 0 fully saturated rings. The number of para-hydroxylation sites is 1. The highest BCUT2D eigenvalue weighted by Crippen LogP contribution is 2.32. The van der Waals surface area contributed by atoms with Crippen LogP contribution in [0.4, 0.5) is 13.2 Å². The van der Waals surface area contributed by atoms with Crippen molar-refractivity contribution in [1.29, 1.82) is 0 Å². The Morgan fingerprint density at radius 2 is 1.62 bits per heavy atom. The molecule has 1 aromatic heterocycles. The Bertz CT molecular complexity index is 1400. The Hall–Kier alpha value is -3.74. The van der Waals surface area contributed by atoms with Gasteiger partial charge in [-0.3, -0.25) is 4.79 Å². The van der Waals surface area contributed by atoms with Crippen molar-refractivity contribution < 1.29 is 13.2 Å². The van der Waals surface area contributed by atoms with Crippen LogP contribution in [-0.4, -0.2) is 15.9 Å². The SMILES string of the molecule is Cc1cc(C)c(C=Nn2c(-c3cccc(C(F)(F)F)c3)nc3ccccc3c2=O)c(C)c1. The van der Waals surface area contributed by atoms with Gasteiger partial charge in [-0.15, -0.1) is 0 Å². The maximum atomic E-state index is 13.3. The summed E-state index contributed by atoms with van der Waals surface area (Å²) >= 11 is 0. The lowest BCUT2D eigenvalue weighted by atomic mass is 10.0. The van der Waals surface area contributed by atoms with Crippen LogP contribution in [0.3, 0.4) is 0 Å². The highest BCUT2D eigenvalue weighted by atomic mass is 19.4. The molecule has 1 heterocycles. The van der Waals surface area contributed by atoms with Crippen LogP contribution in [0.25, 0.3) is 22.3 Å². The third kappa shape index (κ3) is 4.06. The summed E-state index contributed by atoms with van der Waals surface area (Å²) in [6, 6.07) is 15.4. The largest absolute Gasteiger partial charge is 0.416 e. The summed E-state index contributed by atoms with van der Waals surface area (Å²) in [4.78, 5) is 17.7. The van der Waals surface area contributed by atoms with Gasteiger partial charge in [0.05, 0.1) is 22.7 Å². The lowest BCUT2D eigenvalue weighted by molar-refractivity contribution is -0.137. The van der Waals surface area contributed by atoms with Crippen molar-refractivity contribution in [2.75, 3.05) is 0 Å². The summed E-state index contributed by atoms with van der Waals surface area (Å²) < 4.78 is 40.9. The van der Waals surface area contributed by atoms with E-state index < -0.39 is 17.3 Å². The first kappa shape index (κ1) is 21.5. The number of hydrogen-bond acceptors (Lipinski definition) is 3. The second-order valence-electron chi connectivity index (χ2n) is 7.71. The van der Waals surface area contributed by atoms with Crippen molar-refractivity contribution in [1.82, 2.24) is 9.66 Å². The van der Waals surface area contributed by atoms with E-state index in [1.165, 1.54) is 12.1 Å². The van der Waals surface area contributed by atoms with E-state index in [9.17, 15) is 18.0 Å². The summed E-state index contributed by atoms with van der Waals surface area (Å²) in [5, 5.41) is 4.71. The molecule has 0 spiro atoms. The highest BCUT2D eigenvalue weighted by molar-refractivity contribution is 5.85. The van der Waals surface area contributed by atoms with Crippen LogP contribution in [0, 0.1) is 20.8 Å². The molecule has 3 aromatic carbocycles. The summed E-state index contributed by atoms with van der Waals surface area (Å²) in [7, 11) is 0. The molecule has 7 heteroatoms. The molecule has 0 saturated heterocycles. The highest BCUT2D eigenvalue weighted by Gasteiger charge is 2.31. The molecule has 0 aliphatic heterocycles. The van der Waals surface area contributed by atoms with E-state index in [0.29, 0.717) is 10.9 Å². The molecular formula is C25H20F3N3O. The van der Waals surface area contributed by atoms with Crippen LogP contribution in [0.5, 0.6) is 0 Å². The first-order valence-electron chi connectivity index (χ1n) is 9.97. The molecule has 0 unspecified atom stereocenters. The van der Waals surface area contributed by atoms with E-state index in [1.54, 1.807) is 30.5 Å². The van der Waals surface area contributed by atoms with Gasteiger partial charge in [-0.2, -0.15) is 22.9 Å². The van der Waals surface area contributed by atoms with Crippen molar-refractivity contribution in [2.45, 2.75) is 26.9 Å². The van der Waals surface area contributed by atoms with E-state index in [4.69, 9.17) is 0 Å². The third-order valence-corrected chi connectivity index (χ3v) is 5.24. The van der Waals surface area contributed by atoms with E-state index >= 15 is 0 Å². The van der Waals surface area contributed by atoms with Gasteiger partial charge in [0.25, 0.3) is 5.56 Å². The van der Waals surface area contributed by atoms with E-state index in [1.807, 2.05) is 32.9 Å². The Kier molecular flexibility index (Phi) is 5.42. The number of alkyl halides is 3. The number of halogens is 3. The number of hydrogen-bond donors (Lipinski definition) is 0. The quantitative estimate of drug-likeness (QED) is 0.377. The number of rotatable bonds is 3. The molecule has 0 aliphatic carbocycles. The van der Waals surface area contributed by atoms with Crippen LogP contribution in [0.2, 0.25) is 0 Å². The molecule has 0 bridgehead atoms. The van der Waals surface area contributed by atoms with Gasteiger partial charge in [0.2, 0.25) is 0 Å². The van der Waals surface area contributed by atoms with Gasteiger partial charge in [-0.1, -0.05) is 42.0 Å². The van der Waals surface area contributed by atoms with E-state index in [0.717, 1.165) is 39.1 Å². The Morgan fingerprint density at radius 1 is 0.938 bits per heavy atom. The maximum Gasteiger partial charge on any atom is 0.416 e. The van der Waals surface area contributed by atoms with Crippen LogP contribution in [-0.2, 0) is 6.18 Å². The lowest BCUT2D eigenvalue weighted by Crippen LogP contribution is -2.20. The van der Waals surface area contributed by atoms with Gasteiger partial charge in [0, 0.05) is 11.1 Å². The van der Waals surface area contributed by atoms with Crippen LogP contribution < -0.4 is 5.56 Å². The second-order valence-corrected chi connectivity index (χ2v) is 7.71. The predicted octanol–water partition coefficient (Wildman–Crippen LogP) is 5.89. The molecule has 162 valence electrons. The zero-order valence-corrected chi connectivity index (χ0v) is 17.7. The summed E-state index contributed by atoms with van der Waals surface area (Å²) in [5.41, 5.74) is 3.16. The van der Waals surface area contributed by atoms with Crippen molar-refractivity contribution in [3.63, 3.8) is 0 Å². The second kappa shape index (κ2) is 8.07. The average molecular weight is 435 g/mol. The molecule has 0 saturated carbocycles. The fourth-order valence-corrected chi connectivity index (χ4v) is 3.76. The molecule has 0 atom stereocenters. The Labute approximate surface area is 182 Å². The standard InChI is InChI=1S/C25H20F3N3O/c1-15-11-16(2)21(17(3)12-15)14-29-31-23(18-7-6-8-19(13-18)25(26,27)28)30-22-10-5-4-9-20(22)24(31)32/h4-14H,1-3H3. The predicted molar refractivity (Wildman–Crippen MR) is 120 cm³/mol. The van der Waals surface area contributed by atoms with Gasteiger partial charge < -0.3 is 0 Å². The summed E-state index contributed by atoms with van der Waals surface area (Å²) in [6.07, 6.45) is -2.96. The first-order valence-corrected chi connectivity index (χ1v) is 9.97. The van der Waals surface area contributed by atoms with Gasteiger partial charge in [0.1, 0.15) is 0 Å². The Balaban J connectivity index is 1.97. The Morgan fingerprint density at radius 3 is 2.31 bits per heavy atom. The lowest BCUT2D eigenvalue weighted by Gasteiger charge is -2.12. The number of fused-ring (bicyclic) bond motifs is 1. The van der Waals surface area contributed by atoms with Crippen molar-refractivity contribution in [2.24, 2.45) is 5.10 Å². The molecule has 0 N–H and O–H groups in total. The minimum atomic E-state index is -4.52. The monoisotopic (exact) mass is 435 g/mol. The molecule has 4 aromatic rings. The van der Waals surface area contributed by atoms with Crippen molar-refractivity contribution >= 4 is 17.1 Å². The zero-order chi connectivity index (χ0) is 23.0. The summed E-state index contributed by atoms with van der Waals surface area (Å²) in [6.45, 7) is 5.87. The van der Waals surface area contributed by atoms with Crippen molar-refractivity contribution in [3.8, 4) is 11.4 Å². The number of aromatic nitrogens is 2. The normalized spacial score (nSPS) is 12.1. The van der Waals surface area contributed by atoms with Crippen molar-refractivity contribution in [3.05, 3.63) is 98.8 Å². The van der Waals surface area contributed by atoms with E-state index in [-0.39, 0.29) is 11.4 Å². The number of nitrogens with zero attached hydrogens (tertiary/aromatic N) is 3. The molecule has 4 rings (SSSR count). The minimum absolute atomic E-state index is 0.0402. The smallest absolute Gasteiger partial charge is 0.267 e. The van der Waals surface area contributed by atoms with Crippen LogP contribution in [0.1, 0.15) is 27.8 Å². The van der Waals surface area contributed by atoms with Gasteiger partial charge in [0.15, 0.2) is 5.82 Å². The van der Waals surface area contributed by atoms with Gasteiger partial charge >= 0.3 is 6.18 Å². The number of benzene rings is 3. The summed E-state index contributed by atoms with van der Waals surface area (Å²) in [5.74, 6) is 0.0402. The molecule has 0 amide bonds. The topological polar surface area (TPSA) is 47.2 Å². The number of aryl methyl sites for hydroxylation is 3. The zero-order valence-electron chi connectivity index (χ0n) is 17.7. The average Bonchev–Trinajstić information content (AvgIpc) is 2.73. The maximum absolute atomic E-state index is 13.3. The third-order valence-electron chi connectivity index (χ3n) is 5.24. The molecule has 0 aliphatic rings. The fourth-order valence-electron chi connectivity index (χ4n) is 3.76. The molecule has 32 heavy (non-hydrogen) atoms. The minimum Gasteiger partial charge on any atom is -0.267 e. The molecule has 4 nitrogen and oxygen atoms in total.